The van der Waals surface area contributed by atoms with E-state index in [-0.39, 0.29) is 12.2 Å². The Bertz CT molecular complexity index is 646. The molecule has 0 bridgehead atoms. The van der Waals surface area contributed by atoms with Crippen molar-refractivity contribution < 1.29 is 14.0 Å². The topological polar surface area (TPSA) is 61.4 Å². The summed E-state index contributed by atoms with van der Waals surface area (Å²) in [5.74, 6) is -1.01. The molecule has 116 valence electrons. The average Bonchev–Trinajstić information content (AvgIpc) is 2.93. The molecule has 0 atom stereocenters. The molecular formula is C15H16FN3O2S. The van der Waals surface area contributed by atoms with Crippen molar-refractivity contribution in [3.8, 4) is 0 Å². The molecule has 1 aromatic carbocycles. The number of likely N-dealkylation sites (N-methyl/N-ethyl adjacent to an activating group) is 1. The van der Waals surface area contributed by atoms with Crippen molar-refractivity contribution >= 4 is 29.0 Å². The Balaban J connectivity index is 1.79. The fraction of sp³-hybridized carbons (Fsp3) is 0.200. The van der Waals surface area contributed by atoms with E-state index in [2.05, 4.69) is 10.6 Å². The van der Waals surface area contributed by atoms with Crippen LogP contribution in [0, 0.1) is 5.82 Å². The first-order valence-electron chi connectivity index (χ1n) is 6.61. The summed E-state index contributed by atoms with van der Waals surface area (Å²) in [6.45, 7) is 0.697. The number of benzene rings is 1. The lowest BCUT2D eigenvalue weighted by molar-refractivity contribution is -0.120. The number of para-hydroxylation sites is 1. The SMILES string of the molecule is CN(CC(=O)NC(=O)Nc1ccccc1F)Cc1cccs1. The number of hydrogen-bond acceptors (Lipinski definition) is 4. The molecule has 5 nitrogen and oxygen atoms in total. The van der Waals surface area contributed by atoms with Gasteiger partial charge in [0.25, 0.3) is 0 Å². The van der Waals surface area contributed by atoms with Crippen molar-refractivity contribution in [3.05, 3.63) is 52.5 Å². The minimum Gasteiger partial charge on any atom is -0.305 e. The van der Waals surface area contributed by atoms with Crippen LogP contribution in [0.3, 0.4) is 0 Å². The molecule has 2 rings (SSSR count). The van der Waals surface area contributed by atoms with E-state index in [0.717, 1.165) is 4.88 Å². The molecule has 0 saturated carbocycles. The van der Waals surface area contributed by atoms with Crippen molar-refractivity contribution in [3.63, 3.8) is 0 Å². The monoisotopic (exact) mass is 321 g/mol. The van der Waals surface area contributed by atoms with Gasteiger partial charge in [0.1, 0.15) is 5.82 Å². The molecule has 1 heterocycles. The fourth-order valence-electron chi connectivity index (χ4n) is 1.85. The number of nitrogens with one attached hydrogen (secondary N) is 2. The lowest BCUT2D eigenvalue weighted by Crippen LogP contribution is -2.40. The Morgan fingerprint density at radius 3 is 2.68 bits per heavy atom. The summed E-state index contributed by atoms with van der Waals surface area (Å²) in [5, 5.41) is 6.43. The number of imide groups is 1. The van der Waals surface area contributed by atoms with Gasteiger partial charge < -0.3 is 5.32 Å². The predicted octanol–water partition coefficient (Wildman–Crippen LogP) is 2.67. The van der Waals surface area contributed by atoms with Gasteiger partial charge in [-0.15, -0.1) is 11.3 Å². The highest BCUT2D eigenvalue weighted by molar-refractivity contribution is 7.09. The van der Waals surface area contributed by atoms with Gasteiger partial charge in [0, 0.05) is 11.4 Å². The minimum atomic E-state index is -0.750. The van der Waals surface area contributed by atoms with Gasteiger partial charge in [-0.05, 0) is 30.6 Å². The van der Waals surface area contributed by atoms with Crippen molar-refractivity contribution in [1.29, 1.82) is 0 Å². The number of rotatable bonds is 5. The maximum Gasteiger partial charge on any atom is 0.326 e. The van der Waals surface area contributed by atoms with E-state index in [1.807, 2.05) is 17.5 Å². The molecule has 0 radical (unpaired) electrons. The van der Waals surface area contributed by atoms with E-state index in [0.29, 0.717) is 6.54 Å². The van der Waals surface area contributed by atoms with Crippen LogP contribution in [0.25, 0.3) is 0 Å². The number of anilines is 1. The van der Waals surface area contributed by atoms with E-state index in [1.54, 1.807) is 29.4 Å². The fourth-order valence-corrected chi connectivity index (χ4v) is 2.64. The molecule has 0 saturated heterocycles. The molecule has 0 unspecified atom stereocenters. The van der Waals surface area contributed by atoms with Gasteiger partial charge in [-0.2, -0.15) is 0 Å². The van der Waals surface area contributed by atoms with Crippen LogP contribution in [0.1, 0.15) is 4.88 Å². The van der Waals surface area contributed by atoms with Crippen LogP contribution < -0.4 is 10.6 Å². The van der Waals surface area contributed by atoms with Gasteiger partial charge in [0.2, 0.25) is 5.91 Å². The molecule has 22 heavy (non-hydrogen) atoms. The first kappa shape index (κ1) is 16.1. The minimum absolute atomic E-state index is 0.0275. The Morgan fingerprint density at radius 2 is 2.00 bits per heavy atom. The number of carbonyl (C=O) groups excluding carboxylic acids is 2. The molecule has 0 aliphatic heterocycles. The summed E-state index contributed by atoms with van der Waals surface area (Å²) in [4.78, 5) is 26.3. The van der Waals surface area contributed by atoms with Crippen LogP contribution in [0.5, 0.6) is 0 Å². The third-order valence-corrected chi connectivity index (χ3v) is 3.66. The standard InChI is InChI=1S/C15H16FN3O2S/c1-19(9-11-5-4-8-22-11)10-14(20)18-15(21)17-13-7-3-2-6-12(13)16/h2-8H,9-10H2,1H3,(H2,17,18,20,21). The third kappa shape index (κ3) is 4.94. The lowest BCUT2D eigenvalue weighted by atomic mass is 10.3. The number of nitrogens with zero attached hydrogens (tertiary/aromatic N) is 1. The van der Waals surface area contributed by atoms with Crippen molar-refractivity contribution in [2.24, 2.45) is 0 Å². The van der Waals surface area contributed by atoms with Crippen LogP contribution in [-0.4, -0.2) is 30.4 Å². The summed E-state index contributed by atoms with van der Waals surface area (Å²) < 4.78 is 13.4. The molecule has 0 aliphatic rings. The molecule has 3 amide bonds. The van der Waals surface area contributed by atoms with Crippen LogP contribution in [0.2, 0.25) is 0 Å². The second kappa shape index (κ2) is 7.67. The Labute approximate surface area is 131 Å². The van der Waals surface area contributed by atoms with Crippen LogP contribution >= 0.6 is 11.3 Å². The van der Waals surface area contributed by atoms with Crippen molar-refractivity contribution in [2.45, 2.75) is 6.54 Å². The number of amides is 3. The molecule has 2 aromatic rings. The zero-order chi connectivity index (χ0) is 15.9. The summed E-state index contributed by atoms with van der Waals surface area (Å²) in [6, 6.07) is 8.92. The highest BCUT2D eigenvalue weighted by Crippen LogP contribution is 2.12. The van der Waals surface area contributed by atoms with Crippen molar-refractivity contribution in [2.75, 3.05) is 18.9 Å². The van der Waals surface area contributed by atoms with E-state index < -0.39 is 17.8 Å². The molecule has 0 spiro atoms. The largest absolute Gasteiger partial charge is 0.326 e. The Hall–Kier alpha value is -2.25. The molecule has 0 aliphatic carbocycles. The van der Waals surface area contributed by atoms with Gasteiger partial charge in [0.05, 0.1) is 12.2 Å². The average molecular weight is 321 g/mol. The first-order chi connectivity index (χ1) is 10.5. The second-order valence-corrected chi connectivity index (χ2v) is 5.77. The van der Waals surface area contributed by atoms with Gasteiger partial charge in [-0.25, -0.2) is 9.18 Å². The summed E-state index contributed by atoms with van der Waals surface area (Å²) >= 11 is 1.60. The maximum atomic E-state index is 13.4. The van der Waals surface area contributed by atoms with Gasteiger partial charge in [0.15, 0.2) is 0 Å². The summed E-state index contributed by atoms with van der Waals surface area (Å²) in [6.07, 6.45) is 0. The van der Waals surface area contributed by atoms with E-state index in [1.165, 1.54) is 18.2 Å². The number of urea groups is 1. The zero-order valence-corrected chi connectivity index (χ0v) is 12.8. The van der Waals surface area contributed by atoms with Gasteiger partial charge in [-0.1, -0.05) is 18.2 Å². The molecule has 1 aromatic heterocycles. The predicted molar refractivity (Wildman–Crippen MR) is 84.2 cm³/mol. The van der Waals surface area contributed by atoms with Crippen LogP contribution in [0.4, 0.5) is 14.9 Å². The van der Waals surface area contributed by atoms with Gasteiger partial charge >= 0.3 is 6.03 Å². The molecule has 7 heteroatoms. The number of carbonyl (C=O) groups is 2. The molecule has 0 fully saturated rings. The third-order valence-electron chi connectivity index (χ3n) is 2.79. The number of hydrogen-bond donors (Lipinski definition) is 2. The van der Waals surface area contributed by atoms with E-state index in [4.69, 9.17) is 0 Å². The van der Waals surface area contributed by atoms with Crippen LogP contribution in [0.15, 0.2) is 41.8 Å². The zero-order valence-electron chi connectivity index (χ0n) is 12.0. The normalized spacial score (nSPS) is 10.5. The highest BCUT2D eigenvalue weighted by Gasteiger charge is 2.12. The second-order valence-electron chi connectivity index (χ2n) is 4.73. The molecular weight excluding hydrogens is 305 g/mol. The highest BCUT2D eigenvalue weighted by atomic mass is 32.1. The van der Waals surface area contributed by atoms with Crippen LogP contribution in [-0.2, 0) is 11.3 Å². The quantitative estimate of drug-likeness (QED) is 0.890. The Morgan fingerprint density at radius 1 is 1.23 bits per heavy atom. The smallest absolute Gasteiger partial charge is 0.305 e. The van der Waals surface area contributed by atoms with Gasteiger partial charge in [-0.3, -0.25) is 15.0 Å². The summed E-state index contributed by atoms with van der Waals surface area (Å²) in [5.41, 5.74) is 0.0275. The maximum absolute atomic E-state index is 13.4. The van der Waals surface area contributed by atoms with E-state index >= 15 is 0 Å². The molecule has 2 N–H and O–H groups in total. The van der Waals surface area contributed by atoms with E-state index in [9.17, 15) is 14.0 Å². The first-order valence-corrected chi connectivity index (χ1v) is 7.49. The summed E-state index contributed by atoms with van der Waals surface area (Å²) in [7, 11) is 1.79. The van der Waals surface area contributed by atoms with Crippen molar-refractivity contribution in [1.82, 2.24) is 10.2 Å². The number of halogens is 1. The lowest BCUT2D eigenvalue weighted by Gasteiger charge is -2.15. The number of thiophene rings is 1. The Kier molecular flexibility index (Phi) is 5.62.